The predicted octanol–water partition coefficient (Wildman–Crippen LogP) is 9.22. The van der Waals surface area contributed by atoms with E-state index in [0.29, 0.717) is 35.6 Å². The Labute approximate surface area is 291 Å². The molecule has 2 aliphatic heterocycles. The summed E-state index contributed by atoms with van der Waals surface area (Å²) in [7, 11) is 0. The average Bonchev–Trinajstić information content (AvgIpc) is 3.61. The Morgan fingerprint density at radius 3 is 2.14 bits per heavy atom. The van der Waals surface area contributed by atoms with Gasteiger partial charge >= 0.3 is 12.4 Å². The predicted molar refractivity (Wildman–Crippen MR) is 178 cm³/mol. The van der Waals surface area contributed by atoms with Crippen molar-refractivity contribution in [1.82, 2.24) is 0 Å². The van der Waals surface area contributed by atoms with Crippen molar-refractivity contribution in [1.29, 1.82) is 0 Å². The zero-order valence-electron chi connectivity index (χ0n) is 28.2. The maximum absolute atomic E-state index is 14.0. The van der Waals surface area contributed by atoms with E-state index in [-0.39, 0.29) is 31.5 Å². The normalized spacial score (nSPS) is 22.5. The van der Waals surface area contributed by atoms with Gasteiger partial charge in [0.1, 0.15) is 18.1 Å². The first-order chi connectivity index (χ1) is 24.1. The van der Waals surface area contributed by atoms with Crippen molar-refractivity contribution in [2.24, 2.45) is 17.8 Å². The van der Waals surface area contributed by atoms with Gasteiger partial charge in [-0.2, -0.15) is 26.3 Å². The van der Waals surface area contributed by atoms with Crippen LogP contribution in [0.2, 0.25) is 0 Å². The van der Waals surface area contributed by atoms with Crippen LogP contribution in [0.1, 0.15) is 60.4 Å². The van der Waals surface area contributed by atoms with Gasteiger partial charge in [0.15, 0.2) is 0 Å². The summed E-state index contributed by atoms with van der Waals surface area (Å²) >= 11 is 0. The van der Waals surface area contributed by atoms with Crippen molar-refractivity contribution in [2.75, 3.05) is 18.1 Å². The minimum Gasteiger partial charge on any atom is -0.507 e. The minimum atomic E-state index is -5.15. The number of amides is 2. The lowest BCUT2D eigenvalue weighted by atomic mass is 9.69. The van der Waals surface area contributed by atoms with Crippen LogP contribution in [-0.4, -0.2) is 36.2 Å². The van der Waals surface area contributed by atoms with Gasteiger partial charge in [0.25, 0.3) is 0 Å². The largest absolute Gasteiger partial charge is 0.507 e. The number of allylic oxidation sites excluding steroid dienone is 1. The van der Waals surface area contributed by atoms with Gasteiger partial charge in [0.05, 0.1) is 41.4 Å². The summed E-state index contributed by atoms with van der Waals surface area (Å²) in [4.78, 5) is 28.4. The molecule has 51 heavy (non-hydrogen) atoms. The molecule has 2 fully saturated rings. The highest BCUT2D eigenvalue weighted by Crippen LogP contribution is 2.51. The van der Waals surface area contributed by atoms with Crippen molar-refractivity contribution in [3.8, 4) is 11.5 Å². The Morgan fingerprint density at radius 2 is 1.55 bits per heavy atom. The first-order valence-corrected chi connectivity index (χ1v) is 16.7. The Morgan fingerprint density at radius 1 is 0.922 bits per heavy atom. The van der Waals surface area contributed by atoms with Crippen molar-refractivity contribution < 1.29 is 50.5 Å². The molecule has 0 spiro atoms. The third-order valence-corrected chi connectivity index (χ3v) is 10.1. The fourth-order valence-corrected chi connectivity index (χ4v) is 7.59. The first kappa shape index (κ1) is 36.2. The topological polar surface area (TPSA) is 76.1 Å². The number of benzene rings is 3. The molecule has 3 aromatic rings. The maximum atomic E-state index is 14.0. The maximum Gasteiger partial charge on any atom is 0.416 e. The molecule has 6 rings (SSSR count). The Kier molecular flexibility index (Phi) is 9.84. The Bertz CT molecular complexity index is 1840. The highest BCUT2D eigenvalue weighted by atomic mass is 19.4. The lowest BCUT2D eigenvalue weighted by Crippen LogP contribution is -2.35. The zero-order chi connectivity index (χ0) is 36.8. The number of halogens is 6. The number of aromatic hydroxyl groups is 1. The summed E-state index contributed by atoms with van der Waals surface area (Å²) in [6.07, 6.45) is -6.75. The molecule has 270 valence electrons. The van der Waals surface area contributed by atoms with E-state index in [2.05, 4.69) is 6.08 Å². The van der Waals surface area contributed by atoms with Crippen LogP contribution < -0.4 is 9.64 Å². The molecule has 1 aliphatic carbocycles. The van der Waals surface area contributed by atoms with Gasteiger partial charge in [-0.3, -0.25) is 9.59 Å². The number of para-hydroxylation sites is 1. The zero-order valence-corrected chi connectivity index (χ0v) is 28.2. The van der Waals surface area contributed by atoms with Crippen LogP contribution in [0.3, 0.4) is 0 Å². The van der Waals surface area contributed by atoms with Gasteiger partial charge in [0, 0.05) is 5.92 Å². The van der Waals surface area contributed by atoms with Gasteiger partial charge in [0.2, 0.25) is 11.8 Å². The van der Waals surface area contributed by atoms with Crippen LogP contribution in [0.4, 0.5) is 32.0 Å². The van der Waals surface area contributed by atoms with Crippen molar-refractivity contribution >= 4 is 23.6 Å². The van der Waals surface area contributed by atoms with Crippen LogP contribution in [0.15, 0.2) is 77.4 Å². The lowest BCUT2D eigenvalue weighted by Gasteiger charge is -2.31. The summed E-state index contributed by atoms with van der Waals surface area (Å²) in [6, 6.07) is 13.6. The summed E-state index contributed by atoms with van der Waals surface area (Å²) in [6.45, 7) is 5.81. The molecule has 0 bridgehead atoms. The number of phenols is 1. The molecule has 12 heteroatoms. The number of rotatable bonds is 9. The minimum absolute atomic E-state index is 0.0291. The van der Waals surface area contributed by atoms with Gasteiger partial charge in [-0.1, -0.05) is 36.8 Å². The number of nitrogens with zero attached hydrogens (tertiary/aromatic N) is 1. The third-order valence-electron chi connectivity index (χ3n) is 10.1. The van der Waals surface area contributed by atoms with Gasteiger partial charge in [-0.05, 0) is 110 Å². The molecule has 3 aromatic carbocycles. The molecular weight excluding hydrogens is 676 g/mol. The highest BCUT2D eigenvalue weighted by Gasteiger charge is 2.57. The Balaban J connectivity index is 1.32. The molecule has 1 N–H and O–H groups in total. The summed E-state index contributed by atoms with van der Waals surface area (Å²) in [5, 5.41) is 10.2. The summed E-state index contributed by atoms with van der Waals surface area (Å²) in [5.41, 5.74) is 1.11. The van der Waals surface area contributed by atoms with E-state index in [4.69, 9.17) is 9.47 Å². The number of hydrogen-bond donors (Lipinski definition) is 1. The van der Waals surface area contributed by atoms with E-state index >= 15 is 0 Å². The monoisotopic (exact) mass is 713 g/mol. The number of phenolic OH excluding ortho intramolecular Hbond substituents is 1. The quantitative estimate of drug-likeness (QED) is 0.136. The molecule has 0 radical (unpaired) electrons. The molecule has 2 heterocycles. The summed E-state index contributed by atoms with van der Waals surface area (Å²) in [5.74, 6) is -3.55. The highest BCUT2D eigenvalue weighted by molar-refractivity contribution is 6.22. The lowest BCUT2D eigenvalue weighted by molar-refractivity contribution is -0.143. The second-order valence-corrected chi connectivity index (χ2v) is 13.4. The van der Waals surface area contributed by atoms with Gasteiger partial charge in [-0.25, -0.2) is 4.90 Å². The van der Waals surface area contributed by atoms with Crippen LogP contribution in [0.25, 0.3) is 6.08 Å². The molecule has 6 nitrogen and oxygen atoms in total. The molecule has 0 saturated carbocycles. The smallest absolute Gasteiger partial charge is 0.416 e. The standard InChI is InChI=1S/C39H37F6NO5/c1-4-23(14-24-12-21(2)35(47)22(3)13-24)10-11-32-33-25(19-50-29-8-6-5-7-9-29)15-30-34(31(33)20-51-32)37(49)46(36(30)48)28-17-26(38(40,41)42)16-27(18-28)39(43,44)45/h5-9,12-14,16-18,30-32,34,47H,4,10-11,15,19-20H2,1-3H3/b23-14+/t30-,31+,32-,34-/m1/s1. The van der Waals surface area contributed by atoms with Crippen molar-refractivity contribution in [2.45, 2.75) is 64.9 Å². The number of fused-ring (bicyclic) bond motifs is 3. The van der Waals surface area contributed by atoms with Crippen molar-refractivity contribution in [3.63, 3.8) is 0 Å². The number of hydrogen-bond acceptors (Lipinski definition) is 5. The SMILES string of the molecule is CC/C(=C\c1cc(C)c(O)c(C)c1)CC[C@H]1OC[C@H]2C1=C(COc1ccccc1)C[C@H]1C(=O)N(c3cc(C(F)(F)F)cc(C(F)(F)F)c3)C(=O)[C@H]12. The van der Waals surface area contributed by atoms with E-state index in [0.717, 1.165) is 39.8 Å². The van der Waals surface area contributed by atoms with E-state index < -0.39 is 64.8 Å². The molecule has 0 aromatic heterocycles. The second-order valence-electron chi connectivity index (χ2n) is 13.4. The van der Waals surface area contributed by atoms with Crippen LogP contribution >= 0.6 is 0 Å². The number of carbonyl (C=O) groups excluding carboxylic acids is 2. The van der Waals surface area contributed by atoms with Crippen molar-refractivity contribution in [3.05, 3.63) is 105 Å². The number of imide groups is 1. The molecular formula is C39H37F6NO5. The summed E-state index contributed by atoms with van der Waals surface area (Å²) < 4.78 is 94.8. The number of anilines is 1. The van der Waals surface area contributed by atoms with Crippen LogP contribution in [0.5, 0.6) is 11.5 Å². The van der Waals surface area contributed by atoms with Gasteiger partial charge < -0.3 is 14.6 Å². The second kappa shape index (κ2) is 13.9. The fourth-order valence-electron chi connectivity index (χ4n) is 7.59. The fraction of sp³-hybridized carbons (Fsp3) is 0.385. The van der Waals surface area contributed by atoms with Gasteiger partial charge in [-0.15, -0.1) is 0 Å². The van der Waals surface area contributed by atoms with E-state index in [1.165, 1.54) is 0 Å². The number of aryl methyl sites for hydroxylation is 2. The molecule has 2 saturated heterocycles. The third kappa shape index (κ3) is 7.28. The molecule has 2 amide bonds. The average molecular weight is 714 g/mol. The number of carbonyl (C=O) groups is 2. The first-order valence-electron chi connectivity index (χ1n) is 16.7. The van der Waals surface area contributed by atoms with Crippen LogP contribution in [-0.2, 0) is 26.7 Å². The number of alkyl halides is 6. The van der Waals surface area contributed by atoms with Crippen LogP contribution in [0, 0.1) is 31.6 Å². The van der Waals surface area contributed by atoms with E-state index in [9.17, 15) is 41.0 Å². The Hall–Kier alpha value is -4.58. The molecule has 4 atom stereocenters. The van der Waals surface area contributed by atoms with E-state index in [1.54, 1.807) is 24.3 Å². The van der Waals surface area contributed by atoms with E-state index in [1.807, 2.05) is 39.0 Å². The molecule has 0 unspecified atom stereocenters. The molecule has 3 aliphatic rings. The number of ether oxygens (including phenoxy) is 2.